The van der Waals surface area contributed by atoms with Crippen LogP contribution in [0.15, 0.2) is 384 Å². The molecule has 4 aliphatic rings. The molecule has 0 N–H and O–H groups in total. The Bertz CT molecular complexity index is 10200. The summed E-state index contributed by atoms with van der Waals surface area (Å²) in [4.78, 5) is 110. The van der Waals surface area contributed by atoms with E-state index in [2.05, 4.69) is 109 Å². The van der Waals surface area contributed by atoms with Crippen LogP contribution in [-0.2, 0) is 21.7 Å². The van der Waals surface area contributed by atoms with Crippen LogP contribution in [0.3, 0.4) is 0 Å². The van der Waals surface area contributed by atoms with E-state index >= 15 is 0 Å². The Morgan fingerprint density at radius 2 is 0.496 bits per heavy atom. The first-order chi connectivity index (χ1) is 66.5. The average Bonchev–Trinajstić information content (AvgIpc) is 0.702. The minimum absolute atomic E-state index is 0.0505. The molecule has 1 unspecified atom stereocenters. The zero-order chi connectivity index (χ0) is 93.0. The van der Waals surface area contributed by atoms with Crippen LogP contribution in [0.5, 0.6) is 46.0 Å². The molecule has 8 aromatic heterocycles. The number of benzene rings is 17. The van der Waals surface area contributed by atoms with Crippen LogP contribution in [0, 0.1) is 0 Å². The number of hydrogen-bond acceptors (Lipinski definition) is 12. The number of ether oxygens (including phenoxy) is 4. The predicted molar refractivity (Wildman–Crippen MR) is 549 cm³/mol. The Morgan fingerprint density at radius 1 is 0.190 bits per heavy atom. The van der Waals surface area contributed by atoms with Crippen LogP contribution in [0.25, 0.3) is 152 Å². The first-order valence-corrected chi connectivity index (χ1v) is 45.8. The number of hydrogen-bond donors (Lipinski definition) is 0. The first-order valence-electron chi connectivity index (χ1n) is 45.8. The monoisotopic (exact) mass is 1780 g/mol. The number of rotatable bonds is 1. The van der Waals surface area contributed by atoms with E-state index in [1.165, 1.54) is 0 Å². The number of pyridine rings is 8. The molecule has 17 aromatic carbocycles. The van der Waals surface area contributed by atoms with Crippen molar-refractivity contribution < 1.29 is 18.9 Å². The van der Waals surface area contributed by atoms with Crippen LogP contribution in [0.1, 0.15) is 98.5 Å². The molecule has 1 atom stereocenters. The zero-order valence-corrected chi connectivity index (χ0v) is 75.1. The number of para-hydroxylation sites is 12. The minimum Gasteiger partial charge on any atom is -0.457 e. The molecule has 654 valence electrons. The van der Waals surface area contributed by atoms with Crippen molar-refractivity contribution in [1.29, 1.82) is 0 Å². The maximum absolute atomic E-state index is 14.0. The van der Waals surface area contributed by atoms with Gasteiger partial charge in [-0.25, -0.2) is 0 Å². The lowest BCUT2D eigenvalue weighted by Gasteiger charge is -2.38. The summed E-state index contributed by atoms with van der Waals surface area (Å²) in [5, 5.41) is 9.28. The Kier molecular flexibility index (Phi) is 16.9. The Labute approximate surface area is 777 Å². The molecule has 0 aliphatic carbocycles. The van der Waals surface area contributed by atoms with E-state index in [9.17, 15) is 38.4 Å². The van der Waals surface area contributed by atoms with Crippen molar-refractivity contribution in [3.05, 3.63) is 478 Å². The molecule has 0 amide bonds. The van der Waals surface area contributed by atoms with Crippen molar-refractivity contribution in [3.8, 4) is 46.0 Å². The SMILES string of the molecule is CC1(C)c2ccccc2Oc2cc3c(=O)c4ccccc4n4c5ccccc5c(=O)c(c21)c34.CC1(C)c2ccccc2Oc2ccc3c(=O)c4cccc5c(=O)c6ccccc6n(c3c21)c54.CC1(C)c2ccccc2Oc2ccc3c(c21)c(=O)c1cccc2c(=O)c4ccccc4n3c21.CC1(c2ccccc2)c2ccccc2Oc2c1ccc1c(=O)c3cccc4c(=O)c5ccccc5n(c21)c43. The van der Waals surface area contributed by atoms with Crippen molar-refractivity contribution in [1.82, 2.24) is 17.6 Å². The molecule has 16 heteroatoms. The smallest absolute Gasteiger partial charge is 0.197 e. The van der Waals surface area contributed by atoms with Crippen molar-refractivity contribution in [2.75, 3.05) is 0 Å². The van der Waals surface area contributed by atoms with Crippen LogP contribution >= 0.6 is 0 Å². The molecule has 0 bridgehead atoms. The van der Waals surface area contributed by atoms with E-state index in [1.54, 1.807) is 18.2 Å². The van der Waals surface area contributed by atoms with Crippen LogP contribution in [0.2, 0.25) is 0 Å². The van der Waals surface area contributed by atoms with Gasteiger partial charge in [0, 0.05) is 131 Å². The lowest BCUT2D eigenvalue weighted by atomic mass is 9.69. The summed E-state index contributed by atoms with van der Waals surface area (Å²) in [7, 11) is 0. The molecule has 25 aromatic rings. The lowest BCUT2D eigenvalue weighted by molar-refractivity contribution is 0.420. The highest BCUT2D eigenvalue weighted by molar-refractivity contribution is 6.15. The highest BCUT2D eigenvalue weighted by atomic mass is 16.5. The lowest BCUT2D eigenvalue weighted by Crippen LogP contribution is -2.30. The summed E-state index contributed by atoms with van der Waals surface area (Å²) in [5.74, 6) is 5.81. The third kappa shape index (κ3) is 10.9. The number of nitrogens with zero attached hydrogens (tertiary/aromatic N) is 4. The van der Waals surface area contributed by atoms with Gasteiger partial charge in [0.15, 0.2) is 49.2 Å². The first kappa shape index (κ1) is 80.4. The number of fused-ring (bicyclic) bond motifs is 28. The maximum Gasteiger partial charge on any atom is 0.197 e. The van der Waals surface area contributed by atoms with E-state index in [1.807, 2.05) is 285 Å². The van der Waals surface area contributed by atoms with Gasteiger partial charge in [0.1, 0.15) is 45.8 Å². The van der Waals surface area contributed by atoms with Crippen molar-refractivity contribution >= 4 is 152 Å². The summed E-state index contributed by atoms with van der Waals surface area (Å²) in [5.41, 5.74) is 15.4. The van der Waals surface area contributed by atoms with Gasteiger partial charge in [-0.1, -0.05) is 230 Å². The molecule has 12 heterocycles. The van der Waals surface area contributed by atoms with Gasteiger partial charge in [0.25, 0.3) is 0 Å². The summed E-state index contributed by atoms with van der Waals surface area (Å²) >= 11 is 0. The third-order valence-corrected chi connectivity index (χ3v) is 29.7. The average molecular weight is 1780 g/mol. The van der Waals surface area contributed by atoms with E-state index in [-0.39, 0.29) is 43.4 Å². The van der Waals surface area contributed by atoms with Gasteiger partial charge in [-0.2, -0.15) is 0 Å². The van der Waals surface area contributed by atoms with Gasteiger partial charge in [-0.05, 0) is 170 Å². The van der Waals surface area contributed by atoms with E-state index in [4.69, 9.17) is 18.9 Å². The van der Waals surface area contributed by atoms with Gasteiger partial charge in [0.2, 0.25) is 0 Å². The molecular weight excluding hydrogens is 1700 g/mol. The second-order valence-electron chi connectivity index (χ2n) is 38.0. The number of aromatic nitrogens is 4. The summed E-state index contributed by atoms with van der Waals surface area (Å²) < 4.78 is 34.0. The fraction of sp³-hybridized carbons (Fsp3) is 0.0909. The molecule has 0 saturated heterocycles. The maximum atomic E-state index is 14.0. The van der Waals surface area contributed by atoms with Crippen LogP contribution < -0.4 is 62.4 Å². The fourth-order valence-corrected chi connectivity index (χ4v) is 23.4. The third-order valence-electron chi connectivity index (χ3n) is 29.7. The standard InChI is InChI=1S/C34H21NO3.3C29H19NO3/c1-34(20-10-3-2-4-11-20)25-15-6-8-17-28(25)38-33-26(34)19-18-24-30(33)35-27-16-7-5-12-21(27)31(36)22-13-9-14-23(29(22)35)32(24)37;1-29(2)19-11-5-8-14-22(19)33-23-15-18-26-24(25(23)29)28(32)17-10-4-7-13-21(17)30(26)20-12-6-3-9-16(20)27(18)31;1-29(2)20-11-4-6-13-22(20)33-23-15-14-19-26(24(23)29)30-21-12-5-3-8-16(21)27(31)17-9-7-10-18(25(17)30)28(19)32;1-29(2)19-11-4-6-13-22(19)33-23-15-14-21-24(25(23)29)28(32)18-10-7-9-17-26(18)30(21)20-12-5-3-8-16(20)27(17)31/h2-19H,1H3;3*3-15H,1-2H3. The largest absolute Gasteiger partial charge is 0.457 e. The molecule has 0 spiro atoms. The normalized spacial score (nSPS) is 15.1. The Hall–Kier alpha value is -17.5. The highest BCUT2D eigenvalue weighted by Gasteiger charge is 2.45. The fourth-order valence-electron chi connectivity index (χ4n) is 23.4. The molecule has 137 heavy (non-hydrogen) atoms. The van der Waals surface area contributed by atoms with Crippen molar-refractivity contribution in [2.24, 2.45) is 0 Å². The molecule has 29 rings (SSSR count). The van der Waals surface area contributed by atoms with E-state index < -0.39 is 21.7 Å². The van der Waals surface area contributed by atoms with Crippen molar-refractivity contribution in [3.63, 3.8) is 0 Å². The second-order valence-corrected chi connectivity index (χ2v) is 38.0. The van der Waals surface area contributed by atoms with Gasteiger partial charge in [-0.3, -0.25) is 38.4 Å². The summed E-state index contributed by atoms with van der Waals surface area (Å²) in [6, 6.07) is 110. The minimum atomic E-state index is -0.519. The Balaban J connectivity index is 0.0000000948. The topological polar surface area (TPSA) is 191 Å². The van der Waals surface area contributed by atoms with Gasteiger partial charge in [-0.15, -0.1) is 0 Å². The van der Waals surface area contributed by atoms with Gasteiger partial charge < -0.3 is 36.6 Å². The highest BCUT2D eigenvalue weighted by Crippen LogP contribution is 2.57. The second kappa shape index (κ2) is 28.8. The van der Waals surface area contributed by atoms with E-state index in [0.717, 1.165) is 117 Å². The van der Waals surface area contributed by atoms with Gasteiger partial charge in [0.05, 0.1) is 82.2 Å². The Morgan fingerprint density at radius 3 is 0.978 bits per heavy atom. The van der Waals surface area contributed by atoms with E-state index in [0.29, 0.717) is 131 Å². The van der Waals surface area contributed by atoms with Gasteiger partial charge >= 0.3 is 0 Å². The van der Waals surface area contributed by atoms with Crippen LogP contribution in [0.4, 0.5) is 0 Å². The summed E-state index contributed by atoms with van der Waals surface area (Å²) in [6.07, 6.45) is 0. The molecule has 4 aliphatic heterocycles. The van der Waals surface area contributed by atoms with Crippen molar-refractivity contribution in [2.45, 2.75) is 70.1 Å². The molecule has 16 nitrogen and oxygen atoms in total. The molecular formula is C121H78N4O12. The van der Waals surface area contributed by atoms with Crippen LogP contribution in [-0.4, -0.2) is 17.6 Å². The predicted octanol–water partition coefficient (Wildman–Crippen LogP) is 25.0. The molecule has 0 fully saturated rings. The molecule has 0 radical (unpaired) electrons. The quantitative estimate of drug-likeness (QED) is 0.112. The summed E-state index contributed by atoms with van der Waals surface area (Å²) in [6.45, 7) is 15.1. The zero-order valence-electron chi connectivity index (χ0n) is 75.1. The molecule has 0 saturated carbocycles.